The van der Waals surface area contributed by atoms with Gasteiger partial charge in [-0.15, -0.1) is 0 Å². The molecule has 1 fully saturated rings. The second-order valence-electron chi connectivity index (χ2n) is 7.43. The van der Waals surface area contributed by atoms with Gasteiger partial charge in [-0.25, -0.2) is 9.69 Å². The minimum atomic E-state index is -0.779. The van der Waals surface area contributed by atoms with E-state index in [0.29, 0.717) is 22.0 Å². The number of para-hydroxylation sites is 1. The molecule has 1 N–H and O–H groups in total. The van der Waals surface area contributed by atoms with Crippen molar-refractivity contribution in [3.8, 4) is 5.75 Å². The van der Waals surface area contributed by atoms with Gasteiger partial charge in [0.15, 0.2) is 0 Å². The molecule has 3 aromatic carbocycles. The molecule has 1 heterocycles. The molecule has 1 aliphatic heterocycles. The maximum atomic E-state index is 13.2. The standard InChI is InChI=1S/C26H21ClN2O4/c1-2-17-9-13-21(14-10-17)29-25(31)22(24(30)28-26(29)32)15-19-5-3-4-6-23(19)33-16-18-7-11-20(27)12-8-18/h3-15H,2,16H2,1H3,(H,28,30,32)/b22-15-. The first-order valence-electron chi connectivity index (χ1n) is 10.4. The Morgan fingerprint density at radius 2 is 1.58 bits per heavy atom. The van der Waals surface area contributed by atoms with Crippen LogP contribution in [0.5, 0.6) is 5.75 Å². The van der Waals surface area contributed by atoms with Crippen molar-refractivity contribution in [2.45, 2.75) is 20.0 Å². The van der Waals surface area contributed by atoms with Crippen molar-refractivity contribution >= 4 is 41.2 Å². The zero-order valence-electron chi connectivity index (χ0n) is 17.9. The van der Waals surface area contributed by atoms with Gasteiger partial charge in [0.2, 0.25) is 0 Å². The molecule has 0 unspecified atom stereocenters. The van der Waals surface area contributed by atoms with E-state index < -0.39 is 17.8 Å². The van der Waals surface area contributed by atoms with Crippen LogP contribution in [0.25, 0.3) is 6.08 Å². The first-order valence-corrected chi connectivity index (χ1v) is 10.8. The second-order valence-corrected chi connectivity index (χ2v) is 7.87. The number of urea groups is 1. The van der Waals surface area contributed by atoms with E-state index in [0.717, 1.165) is 22.4 Å². The molecule has 0 saturated carbocycles. The average Bonchev–Trinajstić information content (AvgIpc) is 2.82. The molecule has 4 amide bonds. The summed E-state index contributed by atoms with van der Waals surface area (Å²) in [6.07, 6.45) is 2.27. The highest BCUT2D eigenvalue weighted by molar-refractivity contribution is 6.39. The largest absolute Gasteiger partial charge is 0.488 e. The summed E-state index contributed by atoms with van der Waals surface area (Å²) in [4.78, 5) is 39.1. The summed E-state index contributed by atoms with van der Waals surface area (Å²) in [5.41, 5.74) is 2.76. The van der Waals surface area contributed by atoms with Gasteiger partial charge in [-0.2, -0.15) is 0 Å². The third kappa shape index (κ3) is 4.96. The monoisotopic (exact) mass is 460 g/mol. The number of carbonyl (C=O) groups excluding carboxylic acids is 3. The van der Waals surface area contributed by atoms with Gasteiger partial charge in [0.25, 0.3) is 11.8 Å². The molecule has 4 rings (SSSR count). The summed E-state index contributed by atoms with van der Waals surface area (Å²) in [7, 11) is 0. The SMILES string of the molecule is CCc1ccc(N2C(=O)NC(=O)/C(=C/c3ccccc3OCc3ccc(Cl)cc3)C2=O)cc1. The number of rotatable bonds is 6. The Kier molecular flexibility index (Phi) is 6.56. The topological polar surface area (TPSA) is 75.7 Å². The number of ether oxygens (including phenoxy) is 1. The van der Waals surface area contributed by atoms with Crippen LogP contribution < -0.4 is 15.0 Å². The molecule has 1 aliphatic rings. The molecule has 166 valence electrons. The third-order valence-corrected chi connectivity index (χ3v) is 5.48. The predicted molar refractivity (Wildman–Crippen MR) is 127 cm³/mol. The van der Waals surface area contributed by atoms with Gasteiger partial charge in [0.1, 0.15) is 17.9 Å². The van der Waals surface area contributed by atoms with Crippen LogP contribution in [0, 0.1) is 0 Å². The van der Waals surface area contributed by atoms with Gasteiger partial charge < -0.3 is 4.74 Å². The molecule has 0 aromatic heterocycles. The summed E-state index contributed by atoms with van der Waals surface area (Å²) in [6.45, 7) is 2.30. The van der Waals surface area contributed by atoms with Gasteiger partial charge >= 0.3 is 6.03 Å². The fraction of sp³-hybridized carbons (Fsp3) is 0.115. The molecular formula is C26H21ClN2O4. The van der Waals surface area contributed by atoms with Crippen LogP contribution >= 0.6 is 11.6 Å². The van der Waals surface area contributed by atoms with Crippen molar-refractivity contribution < 1.29 is 19.1 Å². The zero-order chi connectivity index (χ0) is 23.4. The third-order valence-electron chi connectivity index (χ3n) is 5.23. The van der Waals surface area contributed by atoms with E-state index in [1.54, 1.807) is 48.5 Å². The van der Waals surface area contributed by atoms with Crippen LogP contribution in [0.15, 0.2) is 78.4 Å². The molecular weight excluding hydrogens is 440 g/mol. The first-order chi connectivity index (χ1) is 16.0. The lowest BCUT2D eigenvalue weighted by molar-refractivity contribution is -0.122. The molecule has 7 heteroatoms. The van der Waals surface area contributed by atoms with Crippen molar-refractivity contribution in [3.63, 3.8) is 0 Å². The minimum absolute atomic E-state index is 0.156. The van der Waals surface area contributed by atoms with Gasteiger partial charge in [-0.3, -0.25) is 14.9 Å². The lowest BCUT2D eigenvalue weighted by Gasteiger charge is -2.26. The number of amides is 4. The van der Waals surface area contributed by atoms with E-state index >= 15 is 0 Å². The Labute approximate surface area is 196 Å². The first kappa shape index (κ1) is 22.3. The van der Waals surface area contributed by atoms with Crippen molar-refractivity contribution in [1.82, 2.24) is 5.32 Å². The van der Waals surface area contributed by atoms with Crippen LogP contribution in [0.4, 0.5) is 10.5 Å². The van der Waals surface area contributed by atoms with Crippen LogP contribution in [-0.4, -0.2) is 17.8 Å². The Bertz CT molecular complexity index is 1230. The van der Waals surface area contributed by atoms with Crippen LogP contribution in [0.2, 0.25) is 5.02 Å². The summed E-state index contributed by atoms with van der Waals surface area (Å²) < 4.78 is 5.92. The van der Waals surface area contributed by atoms with E-state index in [1.165, 1.54) is 6.08 Å². The smallest absolute Gasteiger partial charge is 0.335 e. The zero-order valence-corrected chi connectivity index (χ0v) is 18.6. The fourth-order valence-electron chi connectivity index (χ4n) is 3.40. The van der Waals surface area contributed by atoms with E-state index in [4.69, 9.17) is 16.3 Å². The number of imide groups is 2. The van der Waals surface area contributed by atoms with Gasteiger partial charge in [-0.1, -0.05) is 61.0 Å². The van der Waals surface area contributed by atoms with Crippen molar-refractivity contribution in [2.75, 3.05) is 4.90 Å². The van der Waals surface area contributed by atoms with Crippen molar-refractivity contribution in [2.24, 2.45) is 0 Å². The molecule has 33 heavy (non-hydrogen) atoms. The number of nitrogens with one attached hydrogen (secondary N) is 1. The molecule has 0 atom stereocenters. The number of halogens is 1. The molecule has 0 aliphatic carbocycles. The number of hydrogen-bond acceptors (Lipinski definition) is 4. The molecule has 1 saturated heterocycles. The average molecular weight is 461 g/mol. The highest BCUT2D eigenvalue weighted by atomic mass is 35.5. The normalized spacial score (nSPS) is 15.0. The molecule has 0 bridgehead atoms. The Morgan fingerprint density at radius 3 is 2.27 bits per heavy atom. The number of nitrogens with zero attached hydrogens (tertiary/aromatic N) is 1. The highest BCUT2D eigenvalue weighted by Gasteiger charge is 2.36. The molecule has 6 nitrogen and oxygen atoms in total. The van der Waals surface area contributed by atoms with Crippen molar-refractivity contribution in [1.29, 1.82) is 0 Å². The maximum absolute atomic E-state index is 13.2. The Morgan fingerprint density at radius 1 is 0.909 bits per heavy atom. The number of carbonyl (C=O) groups is 3. The van der Waals surface area contributed by atoms with E-state index in [1.807, 2.05) is 31.2 Å². The lowest BCUT2D eigenvalue weighted by Crippen LogP contribution is -2.54. The quantitative estimate of drug-likeness (QED) is 0.408. The van der Waals surface area contributed by atoms with Gasteiger partial charge in [0, 0.05) is 10.6 Å². The summed E-state index contributed by atoms with van der Waals surface area (Å²) in [6, 6.07) is 20.6. The Balaban J connectivity index is 1.62. The summed E-state index contributed by atoms with van der Waals surface area (Å²) >= 11 is 5.92. The number of barbiturate groups is 1. The minimum Gasteiger partial charge on any atom is -0.488 e. The van der Waals surface area contributed by atoms with Crippen LogP contribution in [0.1, 0.15) is 23.6 Å². The second kappa shape index (κ2) is 9.71. The molecule has 0 spiro atoms. The number of aryl methyl sites for hydroxylation is 1. The highest BCUT2D eigenvalue weighted by Crippen LogP contribution is 2.26. The molecule has 0 radical (unpaired) electrons. The molecule has 3 aromatic rings. The van der Waals surface area contributed by atoms with Crippen LogP contribution in [-0.2, 0) is 22.6 Å². The van der Waals surface area contributed by atoms with E-state index in [9.17, 15) is 14.4 Å². The number of benzene rings is 3. The predicted octanol–water partition coefficient (Wildman–Crippen LogP) is 5.15. The Hall–Kier alpha value is -3.90. The van der Waals surface area contributed by atoms with Crippen LogP contribution in [0.3, 0.4) is 0 Å². The number of hydrogen-bond donors (Lipinski definition) is 1. The van der Waals surface area contributed by atoms with Gasteiger partial charge in [-0.05, 0) is 54.0 Å². The summed E-state index contributed by atoms with van der Waals surface area (Å²) in [5, 5.41) is 2.88. The summed E-state index contributed by atoms with van der Waals surface area (Å²) in [5.74, 6) is -0.948. The van der Waals surface area contributed by atoms with E-state index in [-0.39, 0.29) is 12.2 Å². The van der Waals surface area contributed by atoms with Gasteiger partial charge in [0.05, 0.1) is 5.69 Å². The van der Waals surface area contributed by atoms with Crippen molar-refractivity contribution in [3.05, 3.63) is 100 Å². The maximum Gasteiger partial charge on any atom is 0.335 e. The van der Waals surface area contributed by atoms with E-state index in [2.05, 4.69) is 5.32 Å². The number of anilines is 1. The fourth-order valence-corrected chi connectivity index (χ4v) is 3.53. The lowest BCUT2D eigenvalue weighted by atomic mass is 10.1.